The first-order chi connectivity index (χ1) is 6.90. The molecule has 0 aliphatic rings. The van der Waals surface area contributed by atoms with Crippen LogP contribution >= 0.6 is 0 Å². The number of hydrogen-bond donors (Lipinski definition) is 2. The van der Waals surface area contributed by atoms with E-state index in [4.69, 9.17) is 15.9 Å². The van der Waals surface area contributed by atoms with Gasteiger partial charge in [0.15, 0.2) is 0 Å². The topological polar surface area (TPSA) is 59.1 Å². The Bertz CT molecular complexity index is 190. The van der Waals surface area contributed by atoms with E-state index >= 15 is 0 Å². The van der Waals surface area contributed by atoms with Crippen LogP contribution in [0, 0.1) is 10.8 Å². The molecule has 0 spiro atoms. The maximum absolute atomic E-state index is 7.42. The summed E-state index contributed by atoms with van der Waals surface area (Å²) in [6.07, 6.45) is 4.54. The lowest BCUT2D eigenvalue weighted by atomic mass is 9.87. The molecule has 0 bridgehead atoms. The minimum atomic E-state index is -0.183. The molecule has 0 fully saturated rings. The summed E-state index contributed by atoms with van der Waals surface area (Å²) in [5.41, 5.74) is 5.32. The van der Waals surface area contributed by atoms with Gasteiger partial charge < -0.3 is 10.5 Å². The standard InChI is InChI=1S/C12H26N2O/c1-5-7-10(2)15-9-6-8-12(3,4)11(13)14/h10H,5-9H2,1-4H3,(H3,13,14). The lowest BCUT2D eigenvalue weighted by Gasteiger charge is -2.23. The molecule has 0 aliphatic heterocycles. The van der Waals surface area contributed by atoms with Crippen molar-refractivity contribution in [2.45, 2.75) is 59.5 Å². The molecule has 0 amide bonds. The third-order valence-corrected chi connectivity index (χ3v) is 2.77. The fourth-order valence-corrected chi connectivity index (χ4v) is 1.42. The SMILES string of the molecule is CCCC(C)OCCCC(C)(C)C(=N)N. The average Bonchev–Trinajstić information content (AvgIpc) is 2.13. The number of rotatable bonds is 8. The highest BCUT2D eigenvalue weighted by Gasteiger charge is 2.20. The Hall–Kier alpha value is -0.570. The zero-order valence-electron chi connectivity index (χ0n) is 10.6. The van der Waals surface area contributed by atoms with Crippen LogP contribution in [-0.4, -0.2) is 18.5 Å². The Balaban J connectivity index is 3.58. The number of ether oxygens (including phenoxy) is 1. The van der Waals surface area contributed by atoms with Gasteiger partial charge in [0.05, 0.1) is 11.9 Å². The van der Waals surface area contributed by atoms with Crippen LogP contribution < -0.4 is 5.73 Å². The molecule has 15 heavy (non-hydrogen) atoms. The zero-order chi connectivity index (χ0) is 11.9. The molecule has 90 valence electrons. The Labute approximate surface area is 93.9 Å². The van der Waals surface area contributed by atoms with E-state index in [1.807, 2.05) is 13.8 Å². The smallest absolute Gasteiger partial charge is 0.0963 e. The molecule has 3 heteroatoms. The van der Waals surface area contributed by atoms with Gasteiger partial charge in [-0.2, -0.15) is 0 Å². The van der Waals surface area contributed by atoms with Gasteiger partial charge in [-0.25, -0.2) is 0 Å². The number of hydrogen-bond acceptors (Lipinski definition) is 2. The molecule has 0 aromatic carbocycles. The van der Waals surface area contributed by atoms with Gasteiger partial charge in [-0.1, -0.05) is 27.2 Å². The highest BCUT2D eigenvalue weighted by atomic mass is 16.5. The molecule has 0 heterocycles. The molecule has 3 nitrogen and oxygen atoms in total. The van der Waals surface area contributed by atoms with E-state index in [-0.39, 0.29) is 11.3 Å². The van der Waals surface area contributed by atoms with Crippen LogP contribution in [0.25, 0.3) is 0 Å². The van der Waals surface area contributed by atoms with Crippen molar-refractivity contribution in [3.63, 3.8) is 0 Å². The van der Waals surface area contributed by atoms with E-state index in [0.29, 0.717) is 6.10 Å². The Morgan fingerprint density at radius 2 is 2.07 bits per heavy atom. The normalized spacial score (nSPS) is 13.9. The molecule has 0 aliphatic carbocycles. The van der Waals surface area contributed by atoms with Crippen LogP contribution in [0.1, 0.15) is 53.4 Å². The summed E-state index contributed by atoms with van der Waals surface area (Å²) in [5.74, 6) is 0.268. The third-order valence-electron chi connectivity index (χ3n) is 2.77. The lowest BCUT2D eigenvalue weighted by Crippen LogP contribution is -2.31. The molecule has 3 N–H and O–H groups in total. The Morgan fingerprint density at radius 1 is 1.47 bits per heavy atom. The Morgan fingerprint density at radius 3 is 2.53 bits per heavy atom. The van der Waals surface area contributed by atoms with Crippen LogP contribution in [0.3, 0.4) is 0 Å². The van der Waals surface area contributed by atoms with Gasteiger partial charge in [-0.3, -0.25) is 5.41 Å². The molecule has 0 saturated carbocycles. The summed E-state index contributed by atoms with van der Waals surface area (Å²) in [4.78, 5) is 0. The largest absolute Gasteiger partial charge is 0.387 e. The van der Waals surface area contributed by atoms with E-state index in [0.717, 1.165) is 25.9 Å². The second-order valence-electron chi connectivity index (χ2n) is 4.87. The molecule has 0 radical (unpaired) electrons. The zero-order valence-corrected chi connectivity index (χ0v) is 10.6. The molecule has 0 aromatic heterocycles. The van der Waals surface area contributed by atoms with E-state index < -0.39 is 0 Å². The molecule has 1 unspecified atom stereocenters. The molecule has 0 aromatic rings. The molecule has 1 atom stereocenters. The van der Waals surface area contributed by atoms with Crippen LogP contribution in [0.5, 0.6) is 0 Å². The van der Waals surface area contributed by atoms with E-state index in [1.165, 1.54) is 6.42 Å². The van der Waals surface area contributed by atoms with Crippen molar-refractivity contribution in [3.05, 3.63) is 0 Å². The lowest BCUT2D eigenvalue weighted by molar-refractivity contribution is 0.0546. The van der Waals surface area contributed by atoms with Gasteiger partial charge in [0, 0.05) is 12.0 Å². The second kappa shape index (κ2) is 6.83. The number of nitrogens with two attached hydrogens (primary N) is 1. The predicted octanol–water partition coefficient (Wildman–Crippen LogP) is 2.93. The van der Waals surface area contributed by atoms with Gasteiger partial charge in [0.25, 0.3) is 0 Å². The molecular weight excluding hydrogens is 188 g/mol. The van der Waals surface area contributed by atoms with Gasteiger partial charge in [0.2, 0.25) is 0 Å². The average molecular weight is 214 g/mol. The van der Waals surface area contributed by atoms with E-state index in [9.17, 15) is 0 Å². The molecular formula is C12H26N2O. The van der Waals surface area contributed by atoms with Crippen molar-refractivity contribution in [2.24, 2.45) is 11.1 Å². The first-order valence-electron chi connectivity index (χ1n) is 5.86. The van der Waals surface area contributed by atoms with Gasteiger partial charge >= 0.3 is 0 Å². The van der Waals surface area contributed by atoms with Crippen LogP contribution in [0.15, 0.2) is 0 Å². The highest BCUT2D eigenvalue weighted by Crippen LogP contribution is 2.21. The molecule has 0 rings (SSSR count). The van der Waals surface area contributed by atoms with Gasteiger partial charge in [-0.05, 0) is 26.2 Å². The first kappa shape index (κ1) is 14.4. The van der Waals surface area contributed by atoms with Crippen LogP contribution in [0.2, 0.25) is 0 Å². The summed E-state index contributed by atoms with van der Waals surface area (Å²) in [6.45, 7) is 9.06. The summed E-state index contributed by atoms with van der Waals surface area (Å²) < 4.78 is 5.65. The molecule has 0 saturated heterocycles. The predicted molar refractivity (Wildman–Crippen MR) is 65.3 cm³/mol. The summed E-state index contributed by atoms with van der Waals surface area (Å²) in [6, 6.07) is 0. The fourth-order valence-electron chi connectivity index (χ4n) is 1.42. The number of amidine groups is 1. The summed E-state index contributed by atoms with van der Waals surface area (Å²) >= 11 is 0. The van der Waals surface area contributed by atoms with Crippen molar-refractivity contribution in [1.82, 2.24) is 0 Å². The summed E-state index contributed by atoms with van der Waals surface area (Å²) in [7, 11) is 0. The first-order valence-corrected chi connectivity index (χ1v) is 5.86. The monoisotopic (exact) mass is 214 g/mol. The second-order valence-corrected chi connectivity index (χ2v) is 4.87. The minimum Gasteiger partial charge on any atom is -0.387 e. The van der Waals surface area contributed by atoms with Crippen LogP contribution in [0.4, 0.5) is 0 Å². The van der Waals surface area contributed by atoms with Crippen LogP contribution in [-0.2, 0) is 4.74 Å². The van der Waals surface area contributed by atoms with E-state index in [1.54, 1.807) is 0 Å². The van der Waals surface area contributed by atoms with Crippen molar-refractivity contribution in [2.75, 3.05) is 6.61 Å². The summed E-state index contributed by atoms with van der Waals surface area (Å²) in [5, 5.41) is 7.42. The fraction of sp³-hybridized carbons (Fsp3) is 0.917. The minimum absolute atomic E-state index is 0.183. The van der Waals surface area contributed by atoms with Crippen molar-refractivity contribution in [1.29, 1.82) is 5.41 Å². The van der Waals surface area contributed by atoms with Crippen molar-refractivity contribution in [3.8, 4) is 0 Å². The maximum Gasteiger partial charge on any atom is 0.0963 e. The van der Waals surface area contributed by atoms with Gasteiger partial charge in [-0.15, -0.1) is 0 Å². The van der Waals surface area contributed by atoms with Gasteiger partial charge in [0.1, 0.15) is 0 Å². The van der Waals surface area contributed by atoms with Crippen molar-refractivity contribution < 1.29 is 4.74 Å². The quantitative estimate of drug-likeness (QED) is 0.371. The maximum atomic E-state index is 7.42. The van der Waals surface area contributed by atoms with E-state index in [2.05, 4.69) is 13.8 Å². The Kier molecular flexibility index (Phi) is 6.57. The highest BCUT2D eigenvalue weighted by molar-refractivity contribution is 5.82. The third kappa shape index (κ3) is 6.50. The van der Waals surface area contributed by atoms with Crippen molar-refractivity contribution >= 4 is 5.84 Å². The number of nitrogens with one attached hydrogen (secondary N) is 1.